The molecule has 0 bridgehead atoms. The number of nitrogens with two attached hydrogens (primary N) is 1. The first-order valence-corrected chi connectivity index (χ1v) is 4.95. The number of fused-ring (bicyclic) bond motifs is 1. The molecule has 1 aliphatic carbocycles. The van der Waals surface area contributed by atoms with Crippen LogP contribution in [0.4, 0.5) is 0 Å². The Hall–Kier alpha value is -0.930. The Kier molecular flexibility index (Phi) is 2.29. The van der Waals surface area contributed by atoms with Crippen LogP contribution in [-0.2, 0) is 12.8 Å². The van der Waals surface area contributed by atoms with Gasteiger partial charge in [-0.1, -0.05) is 11.6 Å². The van der Waals surface area contributed by atoms with Gasteiger partial charge in [0.15, 0.2) is 11.5 Å². The summed E-state index contributed by atoms with van der Waals surface area (Å²) in [7, 11) is 0. The Morgan fingerprint density at radius 2 is 2.14 bits per heavy atom. The van der Waals surface area contributed by atoms with Gasteiger partial charge in [-0.05, 0) is 36.5 Å². The minimum atomic E-state index is -0.221. The molecule has 0 fully saturated rings. The van der Waals surface area contributed by atoms with Gasteiger partial charge in [0.05, 0.1) is 5.02 Å². The van der Waals surface area contributed by atoms with Gasteiger partial charge in [-0.25, -0.2) is 0 Å². The molecule has 0 radical (unpaired) electrons. The van der Waals surface area contributed by atoms with Crippen molar-refractivity contribution in [2.75, 3.05) is 0 Å². The summed E-state index contributed by atoms with van der Waals surface area (Å²) in [4.78, 5) is 0. The van der Waals surface area contributed by atoms with Crippen LogP contribution >= 0.6 is 11.6 Å². The van der Waals surface area contributed by atoms with Gasteiger partial charge in [0.2, 0.25) is 0 Å². The van der Waals surface area contributed by atoms with E-state index in [-0.39, 0.29) is 22.6 Å². The number of hydrogen-bond acceptors (Lipinski definition) is 3. The van der Waals surface area contributed by atoms with Crippen LogP contribution in [0.3, 0.4) is 0 Å². The third kappa shape index (κ3) is 1.42. The van der Waals surface area contributed by atoms with Crippen molar-refractivity contribution < 1.29 is 10.2 Å². The number of aromatic hydroxyl groups is 2. The zero-order chi connectivity index (χ0) is 10.3. The molecule has 1 unspecified atom stereocenters. The highest BCUT2D eigenvalue weighted by Gasteiger charge is 2.21. The zero-order valence-corrected chi connectivity index (χ0v) is 8.38. The summed E-state index contributed by atoms with van der Waals surface area (Å²) < 4.78 is 0. The van der Waals surface area contributed by atoms with Gasteiger partial charge >= 0.3 is 0 Å². The van der Waals surface area contributed by atoms with Gasteiger partial charge in [-0.15, -0.1) is 0 Å². The fraction of sp³-hybridized carbons (Fsp3) is 0.400. The number of hydrogen-bond donors (Lipinski definition) is 3. The van der Waals surface area contributed by atoms with Gasteiger partial charge in [-0.2, -0.15) is 0 Å². The van der Waals surface area contributed by atoms with Gasteiger partial charge in [0.1, 0.15) is 0 Å². The smallest absolute Gasteiger partial charge is 0.176 e. The second-order valence-electron chi connectivity index (χ2n) is 3.70. The summed E-state index contributed by atoms with van der Waals surface area (Å²) >= 11 is 5.91. The maximum atomic E-state index is 9.42. The van der Waals surface area contributed by atoms with Crippen LogP contribution in [0.1, 0.15) is 17.5 Å². The summed E-state index contributed by atoms with van der Waals surface area (Å²) in [6.45, 7) is 0. The lowest BCUT2D eigenvalue weighted by Gasteiger charge is -2.23. The van der Waals surface area contributed by atoms with Gasteiger partial charge in [0, 0.05) is 6.04 Å². The lowest BCUT2D eigenvalue weighted by Crippen LogP contribution is -2.27. The Labute approximate surface area is 87.1 Å². The Morgan fingerprint density at radius 3 is 2.86 bits per heavy atom. The van der Waals surface area contributed by atoms with E-state index in [0.29, 0.717) is 6.42 Å². The molecule has 14 heavy (non-hydrogen) atoms. The first-order chi connectivity index (χ1) is 6.59. The molecular formula is C10H12ClNO2. The summed E-state index contributed by atoms with van der Waals surface area (Å²) in [5.41, 5.74) is 7.67. The quantitative estimate of drug-likeness (QED) is 0.573. The Bertz CT molecular complexity index is 379. The second kappa shape index (κ2) is 3.33. The summed E-state index contributed by atoms with van der Waals surface area (Å²) in [5, 5.41) is 19.1. The van der Waals surface area contributed by atoms with Crippen molar-refractivity contribution in [2.45, 2.75) is 25.3 Å². The fourth-order valence-electron chi connectivity index (χ4n) is 1.88. The molecule has 0 heterocycles. The fourth-order valence-corrected chi connectivity index (χ4v) is 2.20. The molecule has 0 aliphatic heterocycles. The normalized spacial score (nSPS) is 20.6. The average molecular weight is 214 g/mol. The minimum absolute atomic E-state index is 0.127. The molecule has 0 aromatic heterocycles. The van der Waals surface area contributed by atoms with Crippen molar-refractivity contribution in [3.63, 3.8) is 0 Å². The molecule has 0 saturated carbocycles. The van der Waals surface area contributed by atoms with Crippen LogP contribution in [0, 0.1) is 0 Å². The third-order valence-electron chi connectivity index (χ3n) is 2.66. The van der Waals surface area contributed by atoms with Crippen molar-refractivity contribution in [1.82, 2.24) is 0 Å². The molecule has 4 heteroatoms. The van der Waals surface area contributed by atoms with Gasteiger partial charge < -0.3 is 15.9 Å². The van der Waals surface area contributed by atoms with Crippen molar-refractivity contribution >= 4 is 11.6 Å². The van der Waals surface area contributed by atoms with Crippen LogP contribution in [-0.4, -0.2) is 16.3 Å². The predicted molar refractivity (Wildman–Crippen MR) is 54.8 cm³/mol. The topological polar surface area (TPSA) is 66.5 Å². The van der Waals surface area contributed by atoms with E-state index < -0.39 is 0 Å². The third-order valence-corrected chi connectivity index (χ3v) is 3.07. The number of phenolic OH excluding ortho intramolecular Hbond substituents is 2. The van der Waals surface area contributed by atoms with E-state index in [1.165, 1.54) is 0 Å². The Morgan fingerprint density at radius 1 is 1.43 bits per heavy atom. The maximum Gasteiger partial charge on any atom is 0.176 e. The van der Waals surface area contributed by atoms with Crippen molar-refractivity contribution in [3.05, 3.63) is 22.2 Å². The Balaban J connectivity index is 2.54. The molecule has 1 aromatic rings. The second-order valence-corrected chi connectivity index (χ2v) is 4.08. The number of rotatable bonds is 0. The molecule has 76 valence electrons. The molecule has 0 amide bonds. The lowest BCUT2D eigenvalue weighted by atomic mass is 9.88. The molecule has 4 N–H and O–H groups in total. The van der Waals surface area contributed by atoms with Gasteiger partial charge in [-0.3, -0.25) is 0 Å². The molecule has 3 nitrogen and oxygen atoms in total. The number of halogens is 1. The van der Waals surface area contributed by atoms with Crippen LogP contribution < -0.4 is 5.73 Å². The van der Waals surface area contributed by atoms with E-state index in [2.05, 4.69) is 0 Å². The minimum Gasteiger partial charge on any atom is -0.504 e. The van der Waals surface area contributed by atoms with E-state index in [9.17, 15) is 10.2 Å². The highest BCUT2D eigenvalue weighted by Crippen LogP contribution is 2.40. The molecule has 2 rings (SSSR count). The molecular weight excluding hydrogens is 202 g/mol. The van der Waals surface area contributed by atoms with E-state index in [1.807, 2.05) is 0 Å². The van der Waals surface area contributed by atoms with Crippen molar-refractivity contribution in [2.24, 2.45) is 5.73 Å². The van der Waals surface area contributed by atoms with Gasteiger partial charge in [0.25, 0.3) is 0 Å². The molecule has 1 aliphatic rings. The van der Waals surface area contributed by atoms with Crippen LogP contribution in [0.15, 0.2) is 6.07 Å². The first kappa shape index (κ1) is 9.62. The summed E-state index contributed by atoms with van der Waals surface area (Å²) in [5.74, 6) is -0.385. The molecule has 1 atom stereocenters. The summed E-state index contributed by atoms with van der Waals surface area (Å²) in [6.07, 6.45) is 2.35. The van der Waals surface area contributed by atoms with E-state index in [4.69, 9.17) is 17.3 Å². The zero-order valence-electron chi connectivity index (χ0n) is 7.63. The van der Waals surface area contributed by atoms with Crippen LogP contribution in [0.5, 0.6) is 11.5 Å². The lowest BCUT2D eigenvalue weighted by molar-refractivity contribution is 0.401. The average Bonchev–Trinajstić information content (AvgIpc) is 2.14. The van der Waals surface area contributed by atoms with E-state index >= 15 is 0 Å². The molecule has 1 aromatic carbocycles. The standard InChI is InChI=1S/C10H12ClNO2/c11-9-7-2-1-6(12)3-5(7)4-8(13)10(9)14/h4,6,13-14H,1-3,12H2. The van der Waals surface area contributed by atoms with E-state index in [1.54, 1.807) is 6.07 Å². The molecule has 0 saturated heterocycles. The van der Waals surface area contributed by atoms with Crippen molar-refractivity contribution in [3.8, 4) is 11.5 Å². The maximum absolute atomic E-state index is 9.42. The highest BCUT2D eigenvalue weighted by molar-refractivity contribution is 6.33. The monoisotopic (exact) mass is 213 g/mol. The number of phenols is 2. The first-order valence-electron chi connectivity index (χ1n) is 4.57. The largest absolute Gasteiger partial charge is 0.504 e. The predicted octanol–water partition coefficient (Wildman–Crippen LogP) is 1.57. The van der Waals surface area contributed by atoms with Crippen LogP contribution in [0.25, 0.3) is 0 Å². The van der Waals surface area contributed by atoms with Crippen LogP contribution in [0.2, 0.25) is 5.02 Å². The van der Waals surface area contributed by atoms with E-state index in [0.717, 1.165) is 24.0 Å². The van der Waals surface area contributed by atoms with Crippen molar-refractivity contribution in [1.29, 1.82) is 0 Å². The summed E-state index contributed by atoms with van der Waals surface area (Å²) in [6, 6.07) is 1.68. The highest BCUT2D eigenvalue weighted by atomic mass is 35.5. The number of benzene rings is 1. The SMILES string of the molecule is NC1CCc2c(cc(O)c(O)c2Cl)C1. The molecule has 0 spiro atoms.